The van der Waals surface area contributed by atoms with Crippen LogP contribution in [0.2, 0.25) is 0 Å². The topological polar surface area (TPSA) is 77.0 Å². The molecule has 0 saturated carbocycles. The molecule has 1 aromatic rings. The number of nitrogens with zero attached hydrogens (tertiary/aromatic N) is 1. The van der Waals surface area contributed by atoms with Crippen molar-refractivity contribution in [2.45, 2.75) is 24.2 Å². The fraction of sp³-hybridized carbons (Fsp3) is 0.400. The molecule has 1 N–H and O–H groups in total. The second-order valence-corrected chi connectivity index (χ2v) is 6.31. The van der Waals surface area contributed by atoms with Crippen LogP contribution in [0.25, 0.3) is 0 Å². The summed E-state index contributed by atoms with van der Waals surface area (Å²) in [7, 11) is 0. The summed E-state index contributed by atoms with van der Waals surface area (Å²) in [5.74, 6) is -0.880. The number of benzene rings is 1. The third kappa shape index (κ3) is 2.74. The molecule has 3 rings (SSSR count). The van der Waals surface area contributed by atoms with E-state index < -0.39 is 10.7 Å². The number of thioether (sulfide) groups is 1. The van der Waals surface area contributed by atoms with Crippen molar-refractivity contribution in [3.8, 4) is 0 Å². The molecule has 1 aromatic carbocycles. The average Bonchev–Trinajstić information content (AvgIpc) is 2.99. The number of ether oxygens (including phenoxy) is 2. The van der Waals surface area contributed by atoms with Crippen LogP contribution in [0.15, 0.2) is 35.3 Å². The second kappa shape index (κ2) is 6.10. The summed E-state index contributed by atoms with van der Waals surface area (Å²) < 4.78 is 9.32. The SMILES string of the molecule is CCOC[C@H]1C[C@@]2(SC(=Nc3ccccc3)NC2=O)C(=O)O1. The fourth-order valence-electron chi connectivity index (χ4n) is 2.41. The van der Waals surface area contributed by atoms with Gasteiger partial charge in [-0.05, 0) is 19.1 Å². The van der Waals surface area contributed by atoms with E-state index in [9.17, 15) is 9.59 Å². The van der Waals surface area contributed by atoms with Gasteiger partial charge in [0.25, 0.3) is 5.91 Å². The highest BCUT2D eigenvalue weighted by Crippen LogP contribution is 2.43. The molecule has 2 atom stereocenters. The van der Waals surface area contributed by atoms with Gasteiger partial charge in [0.05, 0.1) is 12.3 Å². The van der Waals surface area contributed by atoms with E-state index in [-0.39, 0.29) is 12.0 Å². The van der Waals surface area contributed by atoms with Crippen LogP contribution in [0.4, 0.5) is 5.69 Å². The summed E-state index contributed by atoms with van der Waals surface area (Å²) >= 11 is 1.13. The molecule has 2 aliphatic heterocycles. The molecular formula is C15H16N2O4S. The summed E-state index contributed by atoms with van der Waals surface area (Å²) in [6.45, 7) is 2.72. The van der Waals surface area contributed by atoms with E-state index in [4.69, 9.17) is 9.47 Å². The normalized spacial score (nSPS) is 29.1. The largest absolute Gasteiger partial charge is 0.458 e. The van der Waals surface area contributed by atoms with E-state index in [0.29, 0.717) is 24.8 Å². The number of amides is 1. The summed E-state index contributed by atoms with van der Waals surface area (Å²) in [6.07, 6.45) is -0.0855. The van der Waals surface area contributed by atoms with Gasteiger partial charge in [0.1, 0.15) is 6.10 Å². The predicted molar refractivity (Wildman–Crippen MR) is 83.0 cm³/mol. The monoisotopic (exact) mass is 320 g/mol. The number of amidine groups is 1. The van der Waals surface area contributed by atoms with E-state index in [1.807, 2.05) is 37.3 Å². The van der Waals surface area contributed by atoms with Gasteiger partial charge in [-0.1, -0.05) is 30.0 Å². The Hall–Kier alpha value is -1.86. The van der Waals surface area contributed by atoms with Gasteiger partial charge >= 0.3 is 5.97 Å². The summed E-state index contributed by atoms with van der Waals surface area (Å²) in [6, 6.07) is 9.26. The Kier molecular flexibility index (Phi) is 4.17. The Morgan fingerprint density at radius 3 is 2.91 bits per heavy atom. The fourth-order valence-corrected chi connectivity index (χ4v) is 3.58. The highest BCUT2D eigenvalue weighted by molar-refractivity contribution is 8.17. The zero-order valence-corrected chi connectivity index (χ0v) is 12.9. The molecular weight excluding hydrogens is 304 g/mol. The molecule has 0 aliphatic carbocycles. The van der Waals surface area contributed by atoms with E-state index in [0.717, 1.165) is 17.4 Å². The quantitative estimate of drug-likeness (QED) is 0.674. The van der Waals surface area contributed by atoms with Gasteiger partial charge in [-0.15, -0.1) is 0 Å². The highest BCUT2D eigenvalue weighted by Gasteiger charge is 2.60. The van der Waals surface area contributed by atoms with Crippen molar-refractivity contribution in [3.63, 3.8) is 0 Å². The molecule has 0 aromatic heterocycles. The minimum Gasteiger partial charge on any atom is -0.458 e. The average molecular weight is 320 g/mol. The Bertz CT molecular complexity index is 619. The minimum atomic E-state index is -1.23. The zero-order valence-electron chi connectivity index (χ0n) is 12.1. The zero-order chi connectivity index (χ0) is 15.6. The molecule has 22 heavy (non-hydrogen) atoms. The Morgan fingerprint density at radius 2 is 2.18 bits per heavy atom. The van der Waals surface area contributed by atoms with Gasteiger partial charge in [-0.3, -0.25) is 4.79 Å². The lowest BCUT2D eigenvalue weighted by atomic mass is 10.0. The predicted octanol–water partition coefficient (Wildman–Crippen LogP) is 1.63. The molecule has 6 nitrogen and oxygen atoms in total. The maximum atomic E-state index is 12.3. The van der Waals surface area contributed by atoms with Crippen LogP contribution < -0.4 is 5.32 Å². The van der Waals surface area contributed by atoms with Crippen molar-refractivity contribution in [2.75, 3.05) is 13.2 Å². The maximum Gasteiger partial charge on any atom is 0.332 e. The molecule has 0 radical (unpaired) electrons. The molecule has 116 valence electrons. The van der Waals surface area contributed by atoms with Crippen molar-refractivity contribution in [2.24, 2.45) is 4.99 Å². The van der Waals surface area contributed by atoms with Gasteiger partial charge in [0.2, 0.25) is 4.75 Å². The lowest BCUT2D eigenvalue weighted by Crippen LogP contribution is -2.40. The van der Waals surface area contributed by atoms with Crippen LogP contribution in [0, 0.1) is 0 Å². The van der Waals surface area contributed by atoms with Gasteiger partial charge in [0.15, 0.2) is 5.17 Å². The van der Waals surface area contributed by atoms with Crippen LogP contribution >= 0.6 is 11.8 Å². The Balaban J connectivity index is 1.77. The maximum absolute atomic E-state index is 12.3. The number of esters is 1. The first kappa shape index (κ1) is 15.1. The summed E-state index contributed by atoms with van der Waals surface area (Å²) in [5.41, 5.74) is 0.722. The summed E-state index contributed by atoms with van der Waals surface area (Å²) in [5, 5.41) is 3.10. The number of nitrogens with one attached hydrogen (secondary N) is 1. The first-order valence-electron chi connectivity index (χ1n) is 7.07. The van der Waals surface area contributed by atoms with Crippen LogP contribution in [0.5, 0.6) is 0 Å². The number of rotatable bonds is 4. The van der Waals surface area contributed by atoms with E-state index >= 15 is 0 Å². The van der Waals surface area contributed by atoms with Crippen molar-refractivity contribution >= 4 is 34.5 Å². The van der Waals surface area contributed by atoms with Crippen LogP contribution in [0.1, 0.15) is 13.3 Å². The van der Waals surface area contributed by atoms with Gasteiger partial charge in [-0.2, -0.15) is 0 Å². The number of hydrogen-bond donors (Lipinski definition) is 1. The summed E-state index contributed by atoms with van der Waals surface area (Å²) in [4.78, 5) is 28.8. The smallest absolute Gasteiger partial charge is 0.332 e. The van der Waals surface area contributed by atoms with Crippen molar-refractivity contribution in [1.82, 2.24) is 5.32 Å². The number of para-hydroxylation sites is 1. The number of carbonyl (C=O) groups excluding carboxylic acids is 2. The van der Waals surface area contributed by atoms with E-state index in [1.165, 1.54) is 0 Å². The molecule has 2 saturated heterocycles. The molecule has 1 spiro atoms. The highest BCUT2D eigenvalue weighted by atomic mass is 32.2. The van der Waals surface area contributed by atoms with Crippen molar-refractivity contribution < 1.29 is 19.1 Å². The molecule has 0 bridgehead atoms. The molecule has 2 heterocycles. The third-order valence-corrected chi connectivity index (χ3v) is 4.73. The van der Waals surface area contributed by atoms with Crippen LogP contribution in [0.3, 0.4) is 0 Å². The van der Waals surface area contributed by atoms with E-state index in [2.05, 4.69) is 10.3 Å². The van der Waals surface area contributed by atoms with Gasteiger partial charge < -0.3 is 14.8 Å². The standard InChI is InChI=1S/C15H16N2O4S/c1-2-20-9-11-8-15(13(19)21-11)12(18)17-14(22-15)16-10-6-4-3-5-7-10/h3-7,11H,2,8-9H2,1H3,(H,16,17,18)/t11-,15+/m1/s1. The lowest BCUT2D eigenvalue weighted by molar-refractivity contribution is -0.146. The molecule has 2 aliphatic rings. The van der Waals surface area contributed by atoms with Crippen molar-refractivity contribution in [3.05, 3.63) is 30.3 Å². The van der Waals surface area contributed by atoms with E-state index in [1.54, 1.807) is 0 Å². The Labute approximate surface area is 132 Å². The lowest BCUT2D eigenvalue weighted by Gasteiger charge is -2.11. The van der Waals surface area contributed by atoms with Crippen LogP contribution in [-0.4, -0.2) is 41.1 Å². The number of aliphatic imine (C=N–C) groups is 1. The van der Waals surface area contributed by atoms with Gasteiger partial charge in [0, 0.05) is 13.0 Å². The number of cyclic esters (lactones) is 1. The molecule has 7 heteroatoms. The van der Waals surface area contributed by atoms with Gasteiger partial charge in [-0.25, -0.2) is 9.79 Å². The Morgan fingerprint density at radius 1 is 1.41 bits per heavy atom. The number of carbonyl (C=O) groups is 2. The number of hydrogen-bond acceptors (Lipinski definition) is 6. The molecule has 2 fully saturated rings. The third-order valence-electron chi connectivity index (χ3n) is 3.47. The first-order chi connectivity index (χ1) is 10.6. The molecule has 1 amide bonds. The van der Waals surface area contributed by atoms with Crippen molar-refractivity contribution in [1.29, 1.82) is 0 Å². The second-order valence-electron chi connectivity index (χ2n) is 5.03. The van der Waals surface area contributed by atoms with Crippen LogP contribution in [-0.2, 0) is 19.1 Å². The molecule has 0 unspecified atom stereocenters. The minimum absolute atomic E-state index is 0.302. The first-order valence-corrected chi connectivity index (χ1v) is 7.89.